The number of carbonyl (C=O) groups excluding carboxylic acids is 2. The van der Waals surface area contributed by atoms with E-state index in [4.69, 9.17) is 5.73 Å². The minimum Gasteiger partial charge on any atom is -0.369 e. The number of nitrogens with zero attached hydrogens (tertiary/aromatic N) is 2. The second-order valence-electron chi connectivity index (χ2n) is 5.01. The van der Waals surface area contributed by atoms with Crippen LogP contribution in [0.4, 0.5) is 0 Å². The van der Waals surface area contributed by atoms with Crippen molar-refractivity contribution in [1.29, 1.82) is 0 Å². The van der Waals surface area contributed by atoms with E-state index in [9.17, 15) is 9.59 Å². The number of primary amides is 1. The molecule has 1 heterocycles. The molecule has 6 nitrogen and oxygen atoms in total. The molecule has 0 aromatic rings. The normalized spacial score (nSPS) is 16.4. The third kappa shape index (κ3) is 6.54. The van der Waals surface area contributed by atoms with Gasteiger partial charge in [-0.15, -0.1) is 0 Å². The van der Waals surface area contributed by atoms with E-state index in [2.05, 4.69) is 12.2 Å². The summed E-state index contributed by atoms with van der Waals surface area (Å²) < 4.78 is 0. The van der Waals surface area contributed by atoms with Crippen molar-refractivity contribution in [3.8, 4) is 0 Å². The summed E-state index contributed by atoms with van der Waals surface area (Å²) in [6.07, 6.45) is 3.00. The van der Waals surface area contributed by atoms with Crippen LogP contribution in [0.1, 0.15) is 26.2 Å². The maximum Gasteiger partial charge on any atom is 0.236 e. The monoisotopic (exact) mass is 270 g/mol. The smallest absolute Gasteiger partial charge is 0.236 e. The van der Waals surface area contributed by atoms with Gasteiger partial charge in [-0.2, -0.15) is 0 Å². The molecule has 1 rings (SSSR count). The summed E-state index contributed by atoms with van der Waals surface area (Å²) in [7, 11) is 0. The van der Waals surface area contributed by atoms with Gasteiger partial charge in [0.15, 0.2) is 0 Å². The lowest BCUT2D eigenvalue weighted by Gasteiger charge is -2.25. The zero-order valence-electron chi connectivity index (χ0n) is 11.9. The fourth-order valence-electron chi connectivity index (χ4n) is 2.20. The van der Waals surface area contributed by atoms with Gasteiger partial charge in [0.05, 0.1) is 13.1 Å². The number of nitrogens with one attached hydrogen (secondary N) is 1. The van der Waals surface area contributed by atoms with E-state index >= 15 is 0 Å². The SMILES string of the molecule is CCCCN(CC(N)=O)CC(=O)N1CCCNCC1. The minimum absolute atomic E-state index is 0.0982. The quantitative estimate of drug-likeness (QED) is 0.647. The highest BCUT2D eigenvalue weighted by molar-refractivity contribution is 5.80. The van der Waals surface area contributed by atoms with Gasteiger partial charge in [-0.25, -0.2) is 0 Å². The maximum atomic E-state index is 12.2. The van der Waals surface area contributed by atoms with Gasteiger partial charge in [0, 0.05) is 19.6 Å². The molecule has 1 aliphatic rings. The number of nitrogens with two attached hydrogens (primary N) is 1. The Bertz CT molecular complexity index is 288. The molecule has 0 radical (unpaired) electrons. The largest absolute Gasteiger partial charge is 0.369 e. The summed E-state index contributed by atoms with van der Waals surface area (Å²) in [4.78, 5) is 27.0. The Morgan fingerprint density at radius 1 is 1.26 bits per heavy atom. The summed E-state index contributed by atoms with van der Waals surface area (Å²) in [5.41, 5.74) is 5.23. The zero-order chi connectivity index (χ0) is 14.1. The Morgan fingerprint density at radius 3 is 2.74 bits per heavy atom. The molecule has 0 spiro atoms. The van der Waals surface area contributed by atoms with Crippen molar-refractivity contribution in [2.75, 3.05) is 45.8 Å². The Kier molecular flexibility index (Phi) is 7.43. The van der Waals surface area contributed by atoms with E-state index in [1.165, 1.54) is 0 Å². The van der Waals surface area contributed by atoms with Crippen molar-refractivity contribution < 1.29 is 9.59 Å². The molecule has 0 bridgehead atoms. The average molecular weight is 270 g/mol. The average Bonchev–Trinajstić information content (AvgIpc) is 2.64. The predicted octanol–water partition coefficient (Wildman–Crippen LogP) is -0.604. The van der Waals surface area contributed by atoms with Gasteiger partial charge in [-0.1, -0.05) is 13.3 Å². The van der Waals surface area contributed by atoms with Gasteiger partial charge in [0.1, 0.15) is 0 Å². The molecule has 19 heavy (non-hydrogen) atoms. The number of rotatable bonds is 7. The summed E-state index contributed by atoms with van der Waals surface area (Å²) in [5.74, 6) is -0.275. The molecule has 1 aliphatic heterocycles. The maximum absolute atomic E-state index is 12.2. The molecule has 0 unspecified atom stereocenters. The van der Waals surface area contributed by atoms with Crippen LogP contribution >= 0.6 is 0 Å². The molecule has 0 aliphatic carbocycles. The number of carbonyl (C=O) groups is 2. The predicted molar refractivity (Wildman–Crippen MR) is 74.6 cm³/mol. The van der Waals surface area contributed by atoms with Crippen LogP contribution < -0.4 is 11.1 Å². The fraction of sp³-hybridized carbons (Fsp3) is 0.846. The van der Waals surface area contributed by atoms with Gasteiger partial charge >= 0.3 is 0 Å². The number of hydrogen-bond donors (Lipinski definition) is 2. The van der Waals surface area contributed by atoms with Crippen LogP contribution in [-0.2, 0) is 9.59 Å². The third-order valence-electron chi connectivity index (χ3n) is 3.26. The molecule has 110 valence electrons. The van der Waals surface area contributed by atoms with Crippen LogP contribution in [0.15, 0.2) is 0 Å². The van der Waals surface area contributed by atoms with Crippen molar-refractivity contribution in [3.63, 3.8) is 0 Å². The molecule has 1 saturated heterocycles. The molecule has 1 fully saturated rings. The Hall–Kier alpha value is -1.14. The Labute approximate surface area is 115 Å². The fourth-order valence-corrected chi connectivity index (χ4v) is 2.20. The van der Waals surface area contributed by atoms with Gasteiger partial charge in [-0.3, -0.25) is 14.5 Å². The lowest BCUT2D eigenvalue weighted by atomic mass is 10.3. The summed E-state index contributed by atoms with van der Waals surface area (Å²) in [6.45, 7) is 6.64. The van der Waals surface area contributed by atoms with E-state index in [0.717, 1.165) is 52.0 Å². The summed E-state index contributed by atoms with van der Waals surface area (Å²) >= 11 is 0. The molecular formula is C13H26N4O2. The lowest BCUT2D eigenvalue weighted by Crippen LogP contribution is -2.44. The number of hydrogen-bond acceptors (Lipinski definition) is 4. The topological polar surface area (TPSA) is 78.7 Å². The standard InChI is InChI=1S/C13H26N4O2/c1-2-3-7-16(10-12(14)18)11-13(19)17-8-4-5-15-6-9-17/h15H,2-11H2,1H3,(H2,14,18). The van der Waals surface area contributed by atoms with Crippen molar-refractivity contribution in [2.24, 2.45) is 5.73 Å². The Balaban J connectivity index is 2.45. The number of unbranched alkanes of at least 4 members (excludes halogenated alkanes) is 1. The molecule has 6 heteroatoms. The van der Waals surface area contributed by atoms with Gasteiger partial charge in [-0.05, 0) is 25.9 Å². The molecule has 0 aromatic carbocycles. The van der Waals surface area contributed by atoms with Gasteiger partial charge in [0.2, 0.25) is 11.8 Å². The summed E-state index contributed by atoms with van der Waals surface area (Å²) in [5, 5.41) is 3.27. The van der Waals surface area contributed by atoms with Crippen molar-refractivity contribution in [2.45, 2.75) is 26.2 Å². The number of amides is 2. The molecule has 0 saturated carbocycles. The molecule has 3 N–H and O–H groups in total. The van der Waals surface area contributed by atoms with E-state index < -0.39 is 0 Å². The molecule has 2 amide bonds. The lowest BCUT2D eigenvalue weighted by molar-refractivity contribution is -0.132. The minimum atomic E-state index is -0.374. The first-order chi connectivity index (χ1) is 9.13. The highest BCUT2D eigenvalue weighted by atomic mass is 16.2. The zero-order valence-corrected chi connectivity index (χ0v) is 11.9. The van der Waals surface area contributed by atoms with E-state index in [1.807, 2.05) is 9.80 Å². The van der Waals surface area contributed by atoms with Crippen LogP contribution in [0, 0.1) is 0 Å². The van der Waals surface area contributed by atoms with Crippen molar-refractivity contribution in [3.05, 3.63) is 0 Å². The second kappa shape index (κ2) is 8.87. The first kappa shape index (κ1) is 15.9. The Morgan fingerprint density at radius 2 is 2.05 bits per heavy atom. The molecule has 0 atom stereocenters. The van der Waals surface area contributed by atoms with Gasteiger partial charge in [0.25, 0.3) is 0 Å². The van der Waals surface area contributed by atoms with E-state index in [0.29, 0.717) is 6.54 Å². The van der Waals surface area contributed by atoms with Crippen LogP contribution in [0.5, 0.6) is 0 Å². The van der Waals surface area contributed by atoms with E-state index in [1.54, 1.807) is 0 Å². The van der Waals surface area contributed by atoms with Crippen LogP contribution in [0.3, 0.4) is 0 Å². The first-order valence-corrected chi connectivity index (χ1v) is 7.12. The van der Waals surface area contributed by atoms with Crippen LogP contribution in [-0.4, -0.2) is 67.4 Å². The first-order valence-electron chi connectivity index (χ1n) is 7.12. The van der Waals surface area contributed by atoms with Gasteiger partial charge < -0.3 is 16.0 Å². The summed E-state index contributed by atoms with van der Waals surface area (Å²) in [6, 6.07) is 0. The highest BCUT2D eigenvalue weighted by Gasteiger charge is 2.19. The third-order valence-corrected chi connectivity index (χ3v) is 3.26. The van der Waals surface area contributed by atoms with E-state index in [-0.39, 0.29) is 18.4 Å². The van der Waals surface area contributed by atoms with Crippen molar-refractivity contribution >= 4 is 11.8 Å². The van der Waals surface area contributed by atoms with Crippen LogP contribution in [0.25, 0.3) is 0 Å². The molecule has 0 aromatic heterocycles. The van der Waals surface area contributed by atoms with Crippen molar-refractivity contribution in [1.82, 2.24) is 15.1 Å². The van der Waals surface area contributed by atoms with Crippen LogP contribution in [0.2, 0.25) is 0 Å². The second-order valence-corrected chi connectivity index (χ2v) is 5.01. The highest BCUT2D eigenvalue weighted by Crippen LogP contribution is 2.00. The molecular weight excluding hydrogens is 244 g/mol.